The number of hydrogen-bond acceptors (Lipinski definition) is 5. The molecule has 5 nitrogen and oxygen atoms in total. The molecule has 2 heterocycles. The molecule has 0 aromatic heterocycles. The van der Waals surface area contributed by atoms with Crippen LogP contribution in [-0.2, 0) is 10.3 Å². The summed E-state index contributed by atoms with van der Waals surface area (Å²) < 4.78 is 22.7. The van der Waals surface area contributed by atoms with E-state index in [-0.39, 0.29) is 6.04 Å². The Kier molecular flexibility index (Phi) is 3.20. The number of para-hydroxylation sites is 1. The molecule has 1 unspecified atom stereocenters. The van der Waals surface area contributed by atoms with Crippen LogP contribution < -0.4 is 15.5 Å². The van der Waals surface area contributed by atoms with E-state index in [2.05, 4.69) is 21.6 Å². The molecule has 19 heavy (non-hydrogen) atoms. The Labute approximate surface area is 114 Å². The number of nitrogens with zero attached hydrogens (tertiary/aromatic N) is 1. The minimum Gasteiger partial charge on any atom is -0.375 e. The Hall–Kier alpha value is -1.53. The van der Waals surface area contributed by atoms with Gasteiger partial charge >= 0.3 is 0 Å². The molecule has 0 radical (unpaired) electrons. The Morgan fingerprint density at radius 1 is 1.26 bits per heavy atom. The average Bonchev–Trinajstić information content (AvgIpc) is 2.75. The van der Waals surface area contributed by atoms with Gasteiger partial charge in [-0.15, -0.1) is 0 Å². The second kappa shape index (κ2) is 4.86. The molecule has 0 spiro atoms. The molecule has 6 heteroatoms. The van der Waals surface area contributed by atoms with Crippen LogP contribution in [0.3, 0.4) is 0 Å². The van der Waals surface area contributed by atoms with Gasteiger partial charge in [0.15, 0.2) is 0 Å². The first kappa shape index (κ1) is 12.5. The van der Waals surface area contributed by atoms with Crippen molar-refractivity contribution in [1.29, 1.82) is 0 Å². The molecule has 1 aromatic carbocycles. The van der Waals surface area contributed by atoms with E-state index in [0.717, 1.165) is 43.1 Å². The maximum absolute atomic E-state index is 11.4. The van der Waals surface area contributed by atoms with Crippen molar-refractivity contribution in [2.24, 2.45) is 0 Å². The molecule has 2 N–H and O–H groups in total. The quantitative estimate of drug-likeness (QED) is 0.725. The van der Waals surface area contributed by atoms with Gasteiger partial charge in [0, 0.05) is 31.7 Å². The fourth-order valence-electron chi connectivity index (χ4n) is 2.82. The van der Waals surface area contributed by atoms with Crippen LogP contribution in [0.25, 0.3) is 0 Å². The molecule has 102 valence electrons. The lowest BCUT2D eigenvalue weighted by Gasteiger charge is -2.31. The van der Waals surface area contributed by atoms with Crippen LogP contribution in [0.5, 0.6) is 0 Å². The fourth-order valence-corrected chi connectivity index (χ4v) is 3.51. The zero-order valence-electron chi connectivity index (χ0n) is 10.8. The number of anilines is 2. The Balaban J connectivity index is 2.09. The van der Waals surface area contributed by atoms with Crippen LogP contribution in [0.15, 0.2) is 18.2 Å². The summed E-state index contributed by atoms with van der Waals surface area (Å²) in [7, 11) is -2.17. The molecule has 2 aliphatic rings. The molecule has 0 saturated carbocycles. The summed E-state index contributed by atoms with van der Waals surface area (Å²) >= 11 is 0. The van der Waals surface area contributed by atoms with E-state index in [0.29, 0.717) is 4.86 Å². The second-order valence-electron chi connectivity index (χ2n) is 4.90. The zero-order chi connectivity index (χ0) is 13.4. The van der Waals surface area contributed by atoms with Crippen molar-refractivity contribution < 1.29 is 8.42 Å². The fraction of sp³-hybridized carbons (Fsp3) is 0.462. The summed E-state index contributed by atoms with van der Waals surface area (Å²) in [5.74, 6) is 0. The van der Waals surface area contributed by atoms with Gasteiger partial charge in [-0.1, -0.05) is 12.1 Å². The normalized spacial score (nSPS) is 22.1. The van der Waals surface area contributed by atoms with Crippen LogP contribution in [0.1, 0.15) is 12.5 Å². The number of rotatable bonds is 1. The van der Waals surface area contributed by atoms with Gasteiger partial charge in [-0.3, -0.25) is 0 Å². The smallest absolute Gasteiger partial charge is 0.220 e. The highest BCUT2D eigenvalue weighted by atomic mass is 32.2. The third kappa shape index (κ3) is 2.11. The summed E-state index contributed by atoms with van der Waals surface area (Å²) in [6.07, 6.45) is 0. The minimum absolute atomic E-state index is 0.155. The Morgan fingerprint density at radius 3 is 2.68 bits per heavy atom. The van der Waals surface area contributed by atoms with Gasteiger partial charge < -0.3 is 15.5 Å². The van der Waals surface area contributed by atoms with Crippen LogP contribution in [-0.4, -0.2) is 45.5 Å². The maximum atomic E-state index is 11.4. The molecule has 1 atom stereocenters. The predicted molar refractivity (Wildman–Crippen MR) is 77.6 cm³/mol. The lowest BCUT2D eigenvalue weighted by molar-refractivity contribution is 0.589. The van der Waals surface area contributed by atoms with Crippen LogP contribution in [0.4, 0.5) is 11.4 Å². The van der Waals surface area contributed by atoms with Crippen molar-refractivity contribution in [2.75, 3.05) is 36.4 Å². The molecular formula is C13H17N3O2S. The van der Waals surface area contributed by atoms with Crippen molar-refractivity contribution in [3.8, 4) is 0 Å². The standard InChI is InChI=1S/C13H17N3O2S/c1-9-13(19(17)18)10-3-2-4-11(12(10)15-9)16-7-5-14-6-8-16/h2-4,9,14-15H,5-8H2,1H3. The van der Waals surface area contributed by atoms with Gasteiger partial charge in [0.25, 0.3) is 0 Å². The van der Waals surface area contributed by atoms with Crippen molar-refractivity contribution in [3.63, 3.8) is 0 Å². The third-order valence-corrected chi connectivity index (χ3v) is 4.63. The molecule has 3 rings (SSSR count). The largest absolute Gasteiger partial charge is 0.375 e. The van der Waals surface area contributed by atoms with Crippen molar-refractivity contribution in [1.82, 2.24) is 5.32 Å². The lowest BCUT2D eigenvalue weighted by Crippen LogP contribution is -2.43. The first-order valence-electron chi connectivity index (χ1n) is 6.50. The highest BCUT2D eigenvalue weighted by Crippen LogP contribution is 2.35. The molecule has 0 bridgehead atoms. The predicted octanol–water partition coefficient (Wildman–Crippen LogP) is 0.310. The molecule has 0 aliphatic carbocycles. The van der Waals surface area contributed by atoms with Crippen molar-refractivity contribution in [2.45, 2.75) is 13.0 Å². The summed E-state index contributed by atoms with van der Waals surface area (Å²) in [4.78, 5) is 2.76. The van der Waals surface area contributed by atoms with Gasteiger partial charge in [-0.2, -0.15) is 8.42 Å². The van der Waals surface area contributed by atoms with Crippen LogP contribution in [0.2, 0.25) is 0 Å². The van der Waals surface area contributed by atoms with Gasteiger partial charge in [0.2, 0.25) is 10.3 Å². The van der Waals surface area contributed by atoms with E-state index in [1.165, 1.54) is 0 Å². The maximum Gasteiger partial charge on any atom is 0.220 e. The summed E-state index contributed by atoms with van der Waals surface area (Å²) in [5, 5.41) is 6.62. The molecule has 1 saturated heterocycles. The van der Waals surface area contributed by atoms with E-state index < -0.39 is 10.3 Å². The molecule has 1 fully saturated rings. The van der Waals surface area contributed by atoms with Gasteiger partial charge in [-0.25, -0.2) is 0 Å². The van der Waals surface area contributed by atoms with E-state index >= 15 is 0 Å². The summed E-state index contributed by atoms with van der Waals surface area (Å²) in [5.41, 5.74) is 2.87. The number of piperazine rings is 1. The van der Waals surface area contributed by atoms with E-state index in [4.69, 9.17) is 0 Å². The third-order valence-electron chi connectivity index (χ3n) is 3.70. The molecular weight excluding hydrogens is 262 g/mol. The Bertz CT molecular complexity index is 625. The molecule has 1 aromatic rings. The van der Waals surface area contributed by atoms with E-state index in [1.807, 2.05) is 19.1 Å². The van der Waals surface area contributed by atoms with E-state index in [9.17, 15) is 8.42 Å². The monoisotopic (exact) mass is 279 g/mol. The average molecular weight is 279 g/mol. The van der Waals surface area contributed by atoms with Crippen molar-refractivity contribution in [3.05, 3.63) is 23.8 Å². The minimum atomic E-state index is -2.17. The SMILES string of the molecule is CC1Nc2c(cccc2N2CCNCC2)C1=S(=O)=O. The molecule has 0 amide bonds. The molecule has 2 aliphatic heterocycles. The van der Waals surface area contributed by atoms with Gasteiger partial charge in [0.1, 0.15) is 4.86 Å². The van der Waals surface area contributed by atoms with Crippen LogP contribution in [0, 0.1) is 0 Å². The van der Waals surface area contributed by atoms with Gasteiger partial charge in [0.05, 0.1) is 17.4 Å². The topological polar surface area (TPSA) is 61.4 Å². The first-order chi connectivity index (χ1) is 9.18. The summed E-state index contributed by atoms with van der Waals surface area (Å²) in [6.45, 7) is 5.70. The highest BCUT2D eigenvalue weighted by Gasteiger charge is 2.29. The first-order valence-corrected chi connectivity index (χ1v) is 7.57. The number of fused-ring (bicyclic) bond motifs is 1. The van der Waals surface area contributed by atoms with Gasteiger partial charge in [-0.05, 0) is 13.0 Å². The number of nitrogens with one attached hydrogen (secondary N) is 2. The number of benzene rings is 1. The van der Waals surface area contributed by atoms with E-state index in [1.54, 1.807) is 0 Å². The van der Waals surface area contributed by atoms with Crippen LogP contribution >= 0.6 is 0 Å². The van der Waals surface area contributed by atoms with Crippen molar-refractivity contribution >= 4 is 26.5 Å². The lowest BCUT2D eigenvalue weighted by atomic mass is 10.1. The highest BCUT2D eigenvalue weighted by molar-refractivity contribution is 7.73. The zero-order valence-corrected chi connectivity index (χ0v) is 11.6. The Morgan fingerprint density at radius 2 is 2.00 bits per heavy atom. The summed E-state index contributed by atoms with van der Waals surface area (Å²) in [6, 6.07) is 5.71. The second-order valence-corrected chi connectivity index (χ2v) is 5.81. The number of hydrogen-bond donors (Lipinski definition) is 2.